The van der Waals surface area contributed by atoms with Crippen molar-refractivity contribution in [2.24, 2.45) is 11.8 Å². The van der Waals surface area contributed by atoms with Crippen molar-refractivity contribution in [1.29, 1.82) is 0 Å². The zero-order valence-corrected chi connectivity index (χ0v) is 16.8. The van der Waals surface area contributed by atoms with Crippen molar-refractivity contribution >= 4 is 29.5 Å². The molecule has 1 saturated heterocycles. The lowest BCUT2D eigenvalue weighted by Crippen LogP contribution is -2.99. The molecule has 1 heterocycles. The van der Waals surface area contributed by atoms with Crippen LogP contribution in [0.25, 0.3) is 0 Å². The number of imide groups is 1. The Hall–Kier alpha value is -3.65. The summed E-state index contributed by atoms with van der Waals surface area (Å²) in [6, 6.07) is 20.9. The van der Waals surface area contributed by atoms with Gasteiger partial charge in [0.2, 0.25) is 11.8 Å². The molecule has 7 heteroatoms. The molecule has 2 amide bonds. The fourth-order valence-electron chi connectivity index (χ4n) is 6.12. The lowest BCUT2D eigenvalue weighted by molar-refractivity contribution is -0.990. The van der Waals surface area contributed by atoms with Crippen molar-refractivity contribution in [2.45, 2.75) is 11.3 Å². The van der Waals surface area contributed by atoms with Crippen molar-refractivity contribution in [3.05, 3.63) is 100 Å². The summed E-state index contributed by atoms with van der Waals surface area (Å²) in [6.45, 7) is 0. The van der Waals surface area contributed by atoms with Crippen LogP contribution in [-0.4, -0.2) is 23.3 Å². The Morgan fingerprint density at radius 1 is 0.875 bits per heavy atom. The minimum absolute atomic E-state index is 0.0398. The molecule has 2 bridgehead atoms. The van der Waals surface area contributed by atoms with Crippen LogP contribution in [0, 0.1) is 17.0 Å². The summed E-state index contributed by atoms with van der Waals surface area (Å²) in [6.07, 6.45) is 0.801. The number of para-hydroxylation sites is 2. The van der Waals surface area contributed by atoms with E-state index in [4.69, 9.17) is 0 Å². The van der Waals surface area contributed by atoms with Gasteiger partial charge in [-0.15, -0.1) is 0 Å². The first-order valence-corrected chi connectivity index (χ1v) is 10.4. The number of nitrogens with one attached hydrogen (secondary N) is 1. The summed E-state index contributed by atoms with van der Waals surface area (Å²) >= 11 is 0. The number of quaternary nitrogens is 1. The van der Waals surface area contributed by atoms with E-state index in [1.54, 1.807) is 12.1 Å². The van der Waals surface area contributed by atoms with Gasteiger partial charge in [-0.25, -0.2) is 10.1 Å². The molecular weight excluding hydrogens is 408 g/mol. The van der Waals surface area contributed by atoms with E-state index in [1.165, 1.54) is 12.1 Å². The third-order valence-corrected chi connectivity index (χ3v) is 7.25. The highest BCUT2D eigenvalue weighted by molar-refractivity contribution is 6.25. The predicted molar refractivity (Wildman–Crippen MR) is 113 cm³/mol. The zero-order valence-electron chi connectivity index (χ0n) is 16.8. The monoisotopic (exact) mass is 426 g/mol. The van der Waals surface area contributed by atoms with Crippen molar-refractivity contribution in [3.63, 3.8) is 0 Å². The lowest BCUT2D eigenvalue weighted by atomic mass is 9.48. The van der Waals surface area contributed by atoms with Crippen LogP contribution >= 0.6 is 0 Å². The minimum Gasteiger partial charge on any atom is -0.595 e. The molecule has 3 aromatic carbocycles. The van der Waals surface area contributed by atoms with E-state index in [0.717, 1.165) is 33.4 Å². The highest BCUT2D eigenvalue weighted by atomic mass is 16.8. The van der Waals surface area contributed by atoms with Gasteiger partial charge in [-0.3, -0.25) is 9.59 Å². The fourth-order valence-corrected chi connectivity index (χ4v) is 6.12. The van der Waals surface area contributed by atoms with Gasteiger partial charge in [0.25, 0.3) is 0 Å². The summed E-state index contributed by atoms with van der Waals surface area (Å²) < 4.78 is 0. The highest BCUT2D eigenvalue weighted by Crippen LogP contribution is 2.63. The average molecular weight is 426 g/mol. The largest absolute Gasteiger partial charge is 0.595 e. The van der Waals surface area contributed by atoms with E-state index in [-0.39, 0.29) is 17.3 Å². The molecule has 2 N–H and O–H groups in total. The number of nitrogens with zero attached hydrogens (tertiary/aromatic N) is 1. The summed E-state index contributed by atoms with van der Waals surface area (Å²) in [5.74, 6) is -3.08. The molecule has 3 aromatic rings. The van der Waals surface area contributed by atoms with Crippen LogP contribution in [0.5, 0.6) is 0 Å². The number of carbonyl (C=O) groups excluding carboxylic acids is 3. The molecule has 1 unspecified atom stereocenters. The van der Waals surface area contributed by atoms with Gasteiger partial charge in [-0.2, -0.15) is 5.23 Å². The second kappa shape index (κ2) is 6.43. The highest BCUT2D eigenvalue weighted by Gasteiger charge is 2.68. The van der Waals surface area contributed by atoms with E-state index in [0.29, 0.717) is 0 Å². The SMILES string of the molecule is O=CC12c3ccccc3C(c3ccccc31)[C@@H]1C(=O)N(c3ccccc3[NH+]([O-])O)C(=O)[C@@H]12. The maximum absolute atomic E-state index is 13.9. The lowest BCUT2D eigenvalue weighted by Gasteiger charge is -2.51. The zero-order chi connectivity index (χ0) is 22.2. The van der Waals surface area contributed by atoms with Crippen molar-refractivity contribution in [3.8, 4) is 0 Å². The number of amides is 2. The van der Waals surface area contributed by atoms with E-state index in [9.17, 15) is 24.8 Å². The molecule has 0 saturated carbocycles. The molecule has 7 rings (SSSR count). The maximum Gasteiger partial charge on any atom is 0.239 e. The predicted octanol–water partition coefficient (Wildman–Crippen LogP) is 1.84. The van der Waals surface area contributed by atoms with Crippen molar-refractivity contribution in [1.82, 2.24) is 0 Å². The van der Waals surface area contributed by atoms with E-state index < -0.39 is 34.3 Å². The topological polar surface area (TPSA) is 102 Å². The molecule has 158 valence electrons. The van der Waals surface area contributed by atoms with Gasteiger partial charge in [-0.05, 0) is 28.3 Å². The van der Waals surface area contributed by atoms with Gasteiger partial charge in [0.15, 0.2) is 5.69 Å². The Labute approximate surface area is 183 Å². The van der Waals surface area contributed by atoms with Gasteiger partial charge < -0.3 is 10.0 Å². The summed E-state index contributed by atoms with van der Waals surface area (Å²) in [4.78, 5) is 41.5. The Balaban J connectivity index is 1.64. The second-order valence-corrected chi connectivity index (χ2v) is 8.48. The number of aldehydes is 1. The van der Waals surface area contributed by atoms with E-state index in [1.807, 2.05) is 48.5 Å². The van der Waals surface area contributed by atoms with Crippen LogP contribution in [0.1, 0.15) is 28.2 Å². The molecular formula is C25H18N2O5. The first-order valence-electron chi connectivity index (χ1n) is 10.4. The van der Waals surface area contributed by atoms with Gasteiger partial charge in [0.1, 0.15) is 12.0 Å². The van der Waals surface area contributed by atoms with Crippen molar-refractivity contribution in [2.75, 3.05) is 4.90 Å². The van der Waals surface area contributed by atoms with Gasteiger partial charge in [0, 0.05) is 12.0 Å². The Bertz CT molecular complexity index is 1270. The van der Waals surface area contributed by atoms with Crippen LogP contribution < -0.4 is 10.1 Å². The van der Waals surface area contributed by atoms with Crippen LogP contribution in [-0.2, 0) is 19.8 Å². The van der Waals surface area contributed by atoms with Gasteiger partial charge >= 0.3 is 0 Å². The molecule has 1 aliphatic heterocycles. The quantitative estimate of drug-likeness (QED) is 0.378. The standard InChI is InChI=1S/C25H18N2O5/c28-13-25-16-9-3-1-7-14(16)20(15-8-2-4-10-17(15)25)21-22(25)24(30)26(23(21)29)18-11-5-6-12-19(18)27(31)32/h1-13,20-22,27,31H/t20?,21-,22+,25?/m0/s1. The normalized spacial score (nSPS) is 28.2. The second-order valence-electron chi connectivity index (χ2n) is 8.48. The molecule has 3 aliphatic carbocycles. The average Bonchev–Trinajstić information content (AvgIpc) is 3.09. The Morgan fingerprint density at radius 3 is 2.03 bits per heavy atom. The number of rotatable bonds is 3. The van der Waals surface area contributed by atoms with Gasteiger partial charge in [0.05, 0.1) is 17.3 Å². The third-order valence-electron chi connectivity index (χ3n) is 7.25. The first kappa shape index (κ1) is 19.1. The molecule has 7 nitrogen and oxygen atoms in total. The molecule has 1 fully saturated rings. The number of anilines is 1. The smallest absolute Gasteiger partial charge is 0.239 e. The summed E-state index contributed by atoms with van der Waals surface area (Å²) in [5, 5.41) is 20.2. The first-order chi connectivity index (χ1) is 15.5. The van der Waals surface area contributed by atoms with Crippen LogP contribution in [0.15, 0.2) is 72.8 Å². The Morgan fingerprint density at radius 2 is 1.44 bits per heavy atom. The molecule has 3 atom stereocenters. The molecule has 32 heavy (non-hydrogen) atoms. The molecule has 0 radical (unpaired) electrons. The Kier molecular flexibility index (Phi) is 3.83. The summed E-state index contributed by atoms with van der Waals surface area (Å²) in [7, 11) is 0. The molecule has 4 aliphatic rings. The maximum atomic E-state index is 13.9. The molecule has 0 aromatic heterocycles. The van der Waals surface area contributed by atoms with E-state index >= 15 is 0 Å². The number of hydrogen-bond donors (Lipinski definition) is 2. The van der Waals surface area contributed by atoms with Crippen LogP contribution in [0.3, 0.4) is 0 Å². The van der Waals surface area contributed by atoms with Crippen LogP contribution in [0.4, 0.5) is 11.4 Å². The van der Waals surface area contributed by atoms with Gasteiger partial charge in [-0.1, -0.05) is 60.7 Å². The number of benzene rings is 3. The number of carbonyl (C=O) groups is 3. The van der Waals surface area contributed by atoms with Crippen molar-refractivity contribution < 1.29 is 24.8 Å². The summed E-state index contributed by atoms with van der Waals surface area (Å²) in [5.41, 5.74) is 1.84. The third kappa shape index (κ3) is 2.07. The van der Waals surface area contributed by atoms with Crippen LogP contribution in [0.2, 0.25) is 0 Å². The number of hydrogen-bond acceptors (Lipinski definition) is 5. The minimum atomic E-state index is -1.30. The van der Waals surface area contributed by atoms with E-state index in [2.05, 4.69) is 0 Å². The fraction of sp³-hybridized carbons (Fsp3) is 0.160. The molecule has 0 spiro atoms.